The van der Waals surface area contributed by atoms with Crippen LogP contribution in [0.2, 0.25) is 0 Å². The van der Waals surface area contributed by atoms with Crippen molar-refractivity contribution in [3.05, 3.63) is 0 Å². The average molecular weight is 491 g/mol. The molecule has 0 aromatic rings. The minimum atomic E-state index is -0.649. The molecule has 5 nitrogen and oxygen atoms in total. The first-order valence-corrected chi connectivity index (χ1v) is 15.2. The van der Waals surface area contributed by atoms with Crippen LogP contribution in [-0.2, 0) is 23.8 Å². The van der Waals surface area contributed by atoms with Crippen molar-refractivity contribution < 1.29 is 23.8 Å². The van der Waals surface area contributed by atoms with Gasteiger partial charge in [-0.3, -0.25) is 4.79 Å². The maximum atomic E-state index is 14.1. The maximum Gasteiger partial charge on any atom is 0.336 e. The Labute approximate surface area is 213 Å². The Kier molecular flexibility index (Phi) is 10.4. The van der Waals surface area contributed by atoms with Crippen LogP contribution in [-0.4, -0.2) is 36.9 Å². The first-order valence-electron chi connectivity index (χ1n) is 15.2. The number of esters is 2. The third kappa shape index (κ3) is 6.81. The normalized spacial score (nSPS) is 26.5. The monoisotopic (exact) mass is 490 g/mol. The van der Waals surface area contributed by atoms with Crippen LogP contribution >= 0.6 is 0 Å². The van der Waals surface area contributed by atoms with Crippen LogP contribution in [0.15, 0.2) is 0 Å². The SMILES string of the molecule is CCOC(=O)C(C1CCCCC1)C1(C(OC2CCCCC2)C(=O)OC2CCCCC2)CCCCC1. The second-order valence-corrected chi connectivity index (χ2v) is 11.9. The molecule has 4 aliphatic rings. The summed E-state index contributed by atoms with van der Waals surface area (Å²) >= 11 is 0. The van der Waals surface area contributed by atoms with E-state index in [1.54, 1.807) is 0 Å². The van der Waals surface area contributed by atoms with E-state index in [0.717, 1.165) is 109 Å². The summed E-state index contributed by atoms with van der Waals surface area (Å²) in [5.41, 5.74) is -0.504. The lowest BCUT2D eigenvalue weighted by molar-refractivity contribution is -0.199. The highest BCUT2D eigenvalue weighted by Gasteiger charge is 2.57. The van der Waals surface area contributed by atoms with E-state index in [-0.39, 0.29) is 36.0 Å². The zero-order valence-corrected chi connectivity index (χ0v) is 22.3. The van der Waals surface area contributed by atoms with Crippen molar-refractivity contribution in [2.45, 2.75) is 154 Å². The van der Waals surface area contributed by atoms with Crippen LogP contribution in [0.5, 0.6) is 0 Å². The lowest BCUT2D eigenvalue weighted by Gasteiger charge is -2.50. The highest BCUT2D eigenvalue weighted by Crippen LogP contribution is 2.53. The zero-order valence-electron chi connectivity index (χ0n) is 22.3. The van der Waals surface area contributed by atoms with Gasteiger partial charge in [0.2, 0.25) is 0 Å². The van der Waals surface area contributed by atoms with Crippen LogP contribution < -0.4 is 0 Å². The summed E-state index contributed by atoms with van der Waals surface area (Å²) in [5.74, 6) is -0.269. The van der Waals surface area contributed by atoms with Gasteiger partial charge in [-0.1, -0.05) is 64.2 Å². The van der Waals surface area contributed by atoms with Gasteiger partial charge < -0.3 is 14.2 Å². The summed E-state index contributed by atoms with van der Waals surface area (Å²) < 4.78 is 18.8. The largest absolute Gasteiger partial charge is 0.466 e. The lowest BCUT2D eigenvalue weighted by Crippen LogP contribution is -2.56. The fraction of sp³-hybridized carbons (Fsp3) is 0.933. The molecule has 4 saturated carbocycles. The lowest BCUT2D eigenvalue weighted by atomic mass is 9.57. The van der Waals surface area contributed by atoms with E-state index in [4.69, 9.17) is 14.2 Å². The molecular formula is C30H50O5. The fourth-order valence-electron chi connectivity index (χ4n) is 7.77. The fourth-order valence-corrected chi connectivity index (χ4v) is 7.77. The number of ether oxygens (including phenoxy) is 3. The number of hydrogen-bond acceptors (Lipinski definition) is 5. The van der Waals surface area contributed by atoms with Gasteiger partial charge in [0.1, 0.15) is 6.10 Å². The molecule has 0 saturated heterocycles. The first-order chi connectivity index (χ1) is 17.1. The summed E-state index contributed by atoms with van der Waals surface area (Å²) in [6.07, 6.45) is 21.1. The van der Waals surface area contributed by atoms with Crippen LogP contribution in [0.25, 0.3) is 0 Å². The molecule has 4 fully saturated rings. The molecule has 0 aliphatic heterocycles. The molecule has 0 heterocycles. The Balaban J connectivity index is 1.68. The maximum absolute atomic E-state index is 14.1. The van der Waals surface area contributed by atoms with Crippen molar-refractivity contribution >= 4 is 11.9 Å². The van der Waals surface area contributed by atoms with Gasteiger partial charge in [0.05, 0.1) is 18.6 Å². The van der Waals surface area contributed by atoms with Gasteiger partial charge in [-0.05, 0) is 77.0 Å². The van der Waals surface area contributed by atoms with Crippen LogP contribution in [0.4, 0.5) is 0 Å². The van der Waals surface area contributed by atoms with E-state index in [2.05, 4.69) is 0 Å². The molecule has 5 heteroatoms. The molecule has 200 valence electrons. The standard InChI is InChI=1S/C30H50O5/c1-2-33-28(31)26(23-15-7-3-8-16-23)30(21-13-6-14-22-30)27(34-24-17-9-4-10-18-24)29(32)35-25-19-11-5-12-20-25/h23-27H,2-22H2,1H3. The molecule has 0 spiro atoms. The van der Waals surface area contributed by atoms with Crippen molar-refractivity contribution in [2.75, 3.05) is 6.61 Å². The van der Waals surface area contributed by atoms with Crippen molar-refractivity contribution in [3.8, 4) is 0 Å². The molecule has 0 N–H and O–H groups in total. The van der Waals surface area contributed by atoms with Crippen molar-refractivity contribution in [3.63, 3.8) is 0 Å². The zero-order chi connectivity index (χ0) is 24.5. The predicted molar refractivity (Wildman–Crippen MR) is 137 cm³/mol. The number of carbonyl (C=O) groups excluding carboxylic acids is 2. The summed E-state index contributed by atoms with van der Waals surface area (Å²) in [6.45, 7) is 2.29. The molecule has 0 radical (unpaired) electrons. The number of hydrogen-bond donors (Lipinski definition) is 0. The Bertz CT molecular complexity index is 652. The van der Waals surface area contributed by atoms with Gasteiger partial charge in [-0.25, -0.2) is 4.79 Å². The minimum Gasteiger partial charge on any atom is -0.466 e. The summed E-state index contributed by atoms with van der Waals surface area (Å²) in [7, 11) is 0. The third-order valence-corrected chi connectivity index (χ3v) is 9.52. The minimum absolute atomic E-state index is 0.00469. The van der Waals surface area contributed by atoms with Gasteiger partial charge in [-0.2, -0.15) is 0 Å². The first kappa shape index (κ1) is 26.9. The summed E-state index contributed by atoms with van der Waals surface area (Å²) in [6, 6.07) is 0. The van der Waals surface area contributed by atoms with Crippen molar-refractivity contribution in [1.82, 2.24) is 0 Å². The Morgan fingerprint density at radius 1 is 0.686 bits per heavy atom. The van der Waals surface area contributed by atoms with Crippen LogP contribution in [0, 0.1) is 17.3 Å². The molecule has 0 amide bonds. The van der Waals surface area contributed by atoms with Crippen molar-refractivity contribution in [1.29, 1.82) is 0 Å². The quantitative estimate of drug-likeness (QED) is 0.318. The summed E-state index contributed by atoms with van der Waals surface area (Å²) in [4.78, 5) is 27.8. The predicted octanol–water partition coefficient (Wildman–Crippen LogP) is 7.29. The topological polar surface area (TPSA) is 61.8 Å². The van der Waals surface area contributed by atoms with E-state index in [9.17, 15) is 9.59 Å². The van der Waals surface area contributed by atoms with Gasteiger partial charge >= 0.3 is 11.9 Å². The van der Waals surface area contributed by atoms with Gasteiger partial charge in [-0.15, -0.1) is 0 Å². The Hall–Kier alpha value is -1.10. The second kappa shape index (κ2) is 13.4. The third-order valence-electron chi connectivity index (χ3n) is 9.52. The smallest absolute Gasteiger partial charge is 0.336 e. The highest BCUT2D eigenvalue weighted by atomic mass is 16.6. The van der Waals surface area contributed by atoms with Crippen LogP contribution in [0.1, 0.15) is 135 Å². The number of carbonyl (C=O) groups is 2. The van der Waals surface area contributed by atoms with Crippen LogP contribution in [0.3, 0.4) is 0 Å². The molecule has 0 aromatic carbocycles. The Morgan fingerprint density at radius 3 is 1.77 bits per heavy atom. The highest BCUT2D eigenvalue weighted by molar-refractivity contribution is 5.80. The molecule has 0 aromatic heterocycles. The van der Waals surface area contributed by atoms with Gasteiger partial charge in [0, 0.05) is 5.41 Å². The van der Waals surface area contributed by atoms with Gasteiger partial charge in [0.25, 0.3) is 0 Å². The average Bonchev–Trinajstić information content (AvgIpc) is 2.90. The number of rotatable bonds is 9. The van der Waals surface area contributed by atoms with E-state index in [0.29, 0.717) is 6.61 Å². The molecular weight excluding hydrogens is 440 g/mol. The van der Waals surface area contributed by atoms with E-state index in [1.807, 2.05) is 6.92 Å². The molecule has 2 unspecified atom stereocenters. The second-order valence-electron chi connectivity index (χ2n) is 11.9. The van der Waals surface area contributed by atoms with Crippen molar-refractivity contribution in [2.24, 2.45) is 17.3 Å². The molecule has 0 bridgehead atoms. The molecule has 4 rings (SSSR count). The van der Waals surface area contributed by atoms with E-state index >= 15 is 0 Å². The molecule has 4 aliphatic carbocycles. The molecule has 35 heavy (non-hydrogen) atoms. The summed E-state index contributed by atoms with van der Waals surface area (Å²) in [5, 5.41) is 0. The Morgan fingerprint density at radius 2 is 1.20 bits per heavy atom. The van der Waals surface area contributed by atoms with E-state index in [1.165, 1.54) is 19.3 Å². The van der Waals surface area contributed by atoms with E-state index < -0.39 is 11.5 Å². The molecule has 2 atom stereocenters. The van der Waals surface area contributed by atoms with Gasteiger partial charge in [0.15, 0.2) is 6.10 Å².